The summed E-state index contributed by atoms with van der Waals surface area (Å²) in [7, 11) is 1.42. The molecule has 0 spiro atoms. The number of alkyl carbamates (subject to hydrolysis) is 1. The zero-order chi connectivity index (χ0) is 45.3. The van der Waals surface area contributed by atoms with Crippen LogP contribution in [0.1, 0.15) is 86.3 Å². The Morgan fingerprint density at radius 2 is 1.20 bits per heavy atom. The lowest BCUT2D eigenvalue weighted by Crippen LogP contribution is -2.52. The van der Waals surface area contributed by atoms with Gasteiger partial charge in [-0.05, 0) is 95.7 Å². The molecule has 0 saturated carbocycles. The van der Waals surface area contributed by atoms with E-state index in [2.05, 4.69) is 25.3 Å². The summed E-state index contributed by atoms with van der Waals surface area (Å²) in [4.78, 5) is 27.9. The maximum absolute atomic E-state index is 13.8. The highest BCUT2D eigenvalue weighted by atomic mass is 35.5. The molecule has 18 heteroatoms. The number of alkyl halides is 6. The van der Waals surface area contributed by atoms with Crippen LogP contribution in [0.15, 0.2) is 61.2 Å². The predicted molar refractivity (Wildman–Crippen MR) is 217 cm³/mol. The van der Waals surface area contributed by atoms with Crippen molar-refractivity contribution in [1.29, 1.82) is 0 Å². The van der Waals surface area contributed by atoms with Gasteiger partial charge in [0.1, 0.15) is 48.1 Å². The molecular weight excluding hydrogens is 818 g/mol. The lowest BCUT2D eigenvalue weighted by molar-refractivity contribution is -0.139. The van der Waals surface area contributed by atoms with Crippen LogP contribution in [0.4, 0.5) is 31.1 Å². The number of methoxy groups -OCH3 is 1. The average molecular weight is 871 g/mol. The minimum atomic E-state index is -4.67. The molecule has 3 N–H and O–H groups in total. The summed E-state index contributed by atoms with van der Waals surface area (Å²) in [6, 6.07) is 10.3. The first-order chi connectivity index (χ1) is 27.6. The van der Waals surface area contributed by atoms with Crippen LogP contribution in [0.2, 0.25) is 5.15 Å². The Balaban J connectivity index is 0.000000327. The van der Waals surface area contributed by atoms with Crippen LogP contribution in [0, 0.1) is 11.8 Å². The van der Waals surface area contributed by atoms with Crippen molar-refractivity contribution in [1.82, 2.24) is 25.3 Å². The Kier molecular flexibility index (Phi) is 16.6. The zero-order valence-corrected chi connectivity index (χ0v) is 36.1. The smallest absolute Gasteiger partial charge is 0.419 e. The molecule has 0 saturated heterocycles. The second-order valence-electron chi connectivity index (χ2n) is 16.7. The van der Waals surface area contributed by atoms with Crippen LogP contribution in [0.25, 0.3) is 22.5 Å². The van der Waals surface area contributed by atoms with Crippen LogP contribution in [-0.2, 0) is 17.1 Å². The van der Waals surface area contributed by atoms with Crippen molar-refractivity contribution in [2.24, 2.45) is 17.6 Å². The quantitative estimate of drug-likeness (QED) is 0.0928. The third kappa shape index (κ3) is 15.9. The number of ether oxygens (including phenoxy) is 4. The van der Waals surface area contributed by atoms with Gasteiger partial charge in [0.15, 0.2) is 0 Å². The molecule has 0 aliphatic rings. The van der Waals surface area contributed by atoms with E-state index in [1.165, 1.54) is 56.2 Å². The molecule has 330 valence electrons. The van der Waals surface area contributed by atoms with E-state index >= 15 is 0 Å². The van der Waals surface area contributed by atoms with E-state index in [1.807, 2.05) is 27.7 Å². The van der Waals surface area contributed by atoms with Gasteiger partial charge in [0, 0.05) is 28.8 Å². The van der Waals surface area contributed by atoms with Gasteiger partial charge in [0.25, 0.3) is 0 Å². The average Bonchev–Trinajstić information content (AvgIpc) is 3.11. The van der Waals surface area contributed by atoms with Crippen LogP contribution in [0.5, 0.6) is 17.4 Å². The Hall–Kier alpha value is -4.90. The van der Waals surface area contributed by atoms with Gasteiger partial charge < -0.3 is 30.0 Å². The van der Waals surface area contributed by atoms with Crippen molar-refractivity contribution in [3.8, 4) is 39.9 Å². The Labute approximate surface area is 351 Å². The molecule has 0 bridgehead atoms. The van der Waals surface area contributed by atoms with Crippen LogP contribution in [-0.4, -0.2) is 63.0 Å². The monoisotopic (exact) mass is 870 g/mol. The fourth-order valence-corrected chi connectivity index (χ4v) is 6.39. The van der Waals surface area contributed by atoms with Gasteiger partial charge in [0.05, 0.1) is 35.2 Å². The van der Waals surface area contributed by atoms with E-state index in [0.29, 0.717) is 24.5 Å². The molecule has 2 heterocycles. The number of carbonyl (C=O) groups excluding carboxylic acids is 1. The normalized spacial score (nSPS) is 14.1. The number of aromatic nitrogens is 4. The van der Waals surface area contributed by atoms with Gasteiger partial charge in [0.2, 0.25) is 5.88 Å². The first kappa shape index (κ1) is 49.5. The molecule has 11 nitrogen and oxygen atoms in total. The third-order valence-electron chi connectivity index (χ3n) is 8.29. The fourth-order valence-electron chi connectivity index (χ4n) is 6.24. The first-order valence-corrected chi connectivity index (χ1v) is 19.3. The van der Waals surface area contributed by atoms with Crippen molar-refractivity contribution in [2.75, 3.05) is 20.3 Å². The summed E-state index contributed by atoms with van der Waals surface area (Å²) in [5.41, 5.74) is 2.98. The SMILES string of the molecule is CC(C)C[C@@](C)(COc1ccc(-c2cc(Cl)ncn2)cc1C(F)(F)F)NC(=O)OC(C)(C)C.COc1cc(-c2ccc(OC[C@@](C)(N)CC(C)C)c(C(F)(F)F)c2)ncn1. The number of nitrogens with one attached hydrogen (secondary N) is 1. The van der Waals surface area contributed by atoms with Crippen LogP contribution < -0.4 is 25.3 Å². The minimum absolute atomic E-state index is 0.0189. The number of amides is 1. The molecule has 0 aliphatic carbocycles. The molecular formula is C42H53ClF6N6O5. The van der Waals surface area contributed by atoms with E-state index in [1.54, 1.807) is 34.6 Å². The molecule has 0 aliphatic heterocycles. The second-order valence-corrected chi connectivity index (χ2v) is 17.1. The van der Waals surface area contributed by atoms with Crippen LogP contribution in [0.3, 0.4) is 0 Å². The molecule has 0 fully saturated rings. The van der Waals surface area contributed by atoms with Crippen molar-refractivity contribution < 1.29 is 50.1 Å². The fraction of sp³-hybridized carbons (Fsp3) is 0.500. The largest absolute Gasteiger partial charge is 0.491 e. The molecule has 2 aromatic heterocycles. The summed E-state index contributed by atoms with van der Waals surface area (Å²) < 4.78 is 104. The van der Waals surface area contributed by atoms with Gasteiger partial charge in [-0.1, -0.05) is 39.3 Å². The third-order valence-corrected chi connectivity index (χ3v) is 8.49. The van der Waals surface area contributed by atoms with E-state index in [9.17, 15) is 31.1 Å². The molecule has 2 atom stereocenters. The topological polar surface area (TPSA) is 144 Å². The van der Waals surface area contributed by atoms with Gasteiger partial charge >= 0.3 is 18.4 Å². The number of hydrogen-bond acceptors (Lipinski definition) is 10. The highest BCUT2D eigenvalue weighted by Crippen LogP contribution is 2.40. The predicted octanol–water partition coefficient (Wildman–Crippen LogP) is 10.8. The number of rotatable bonds is 14. The number of benzene rings is 2. The van der Waals surface area contributed by atoms with Gasteiger partial charge in [-0.15, -0.1) is 0 Å². The van der Waals surface area contributed by atoms with Crippen molar-refractivity contribution in [2.45, 2.75) is 104 Å². The summed E-state index contributed by atoms with van der Waals surface area (Å²) in [5, 5.41) is 2.87. The molecule has 60 heavy (non-hydrogen) atoms. The molecule has 1 amide bonds. The Morgan fingerprint density at radius 1 is 0.717 bits per heavy atom. The number of hydrogen-bond donors (Lipinski definition) is 2. The van der Waals surface area contributed by atoms with Gasteiger partial charge in [-0.3, -0.25) is 0 Å². The Morgan fingerprint density at radius 3 is 1.65 bits per heavy atom. The van der Waals surface area contributed by atoms with Crippen molar-refractivity contribution in [3.05, 3.63) is 77.5 Å². The van der Waals surface area contributed by atoms with Crippen LogP contribution >= 0.6 is 11.6 Å². The van der Waals surface area contributed by atoms with Crippen molar-refractivity contribution in [3.63, 3.8) is 0 Å². The number of nitrogens with two attached hydrogens (primary N) is 1. The van der Waals surface area contributed by atoms with Crippen molar-refractivity contribution >= 4 is 17.7 Å². The second kappa shape index (κ2) is 20.1. The molecule has 0 unspecified atom stereocenters. The summed E-state index contributed by atoms with van der Waals surface area (Å²) in [5.74, 6) is 0.0999. The van der Waals surface area contributed by atoms with E-state index < -0.39 is 46.3 Å². The van der Waals surface area contributed by atoms with Gasteiger partial charge in [-0.2, -0.15) is 26.3 Å². The highest BCUT2D eigenvalue weighted by molar-refractivity contribution is 6.29. The summed E-state index contributed by atoms with van der Waals surface area (Å²) in [6.07, 6.45) is -6.41. The maximum atomic E-state index is 13.8. The molecule has 4 aromatic rings. The minimum Gasteiger partial charge on any atom is -0.491 e. The summed E-state index contributed by atoms with van der Waals surface area (Å²) >= 11 is 5.84. The van der Waals surface area contributed by atoms with E-state index in [-0.39, 0.29) is 58.5 Å². The highest BCUT2D eigenvalue weighted by Gasteiger charge is 2.38. The standard InChI is InChI=1S/C23H29ClF3N3O3.C19H24F3N3O2/c1-14(2)11-22(6,30-20(31)33-21(3,4)5)12-32-18-8-7-15(9-16(18)23(25,26)27)17-10-19(24)29-13-28-17;1-12(2)9-18(3,23)10-27-16-6-5-13(7-14(16)19(20,21)22)15-8-17(26-4)25-11-24-15/h7-10,13-14H,11-12H2,1-6H3,(H,30,31);5-8,11-12H,9-10,23H2,1-4H3/t22-;18-/m00/s1. The Bertz CT molecular complexity index is 2040. The molecule has 2 aromatic carbocycles. The zero-order valence-electron chi connectivity index (χ0n) is 35.3. The van der Waals surface area contributed by atoms with Gasteiger partial charge in [-0.25, -0.2) is 24.7 Å². The number of nitrogens with zero attached hydrogens (tertiary/aromatic N) is 4. The maximum Gasteiger partial charge on any atom is 0.419 e. The number of carbonyl (C=O) groups is 1. The molecule has 0 radical (unpaired) electrons. The molecule has 4 rings (SSSR count). The van der Waals surface area contributed by atoms with E-state index in [4.69, 9.17) is 36.3 Å². The lowest BCUT2D eigenvalue weighted by Gasteiger charge is -2.33. The lowest BCUT2D eigenvalue weighted by atomic mass is 9.91. The van der Waals surface area contributed by atoms with E-state index in [0.717, 1.165) is 12.1 Å². The number of halogens is 7. The first-order valence-electron chi connectivity index (χ1n) is 18.9. The summed E-state index contributed by atoms with van der Waals surface area (Å²) in [6.45, 7) is 16.3.